The molecule has 2 amide bonds. The monoisotopic (exact) mass is 1630 g/mol. The molecule has 3 fully saturated rings. The van der Waals surface area contributed by atoms with Gasteiger partial charge in [0.15, 0.2) is 12.6 Å². The molecule has 0 spiro atoms. The van der Waals surface area contributed by atoms with Gasteiger partial charge >= 0.3 is 5.97 Å². The Morgan fingerprint density at radius 3 is 1.18 bits per heavy atom. The number of unbranched alkanes of at least 4 members (excludes halogenated alkanes) is 55. The van der Waals surface area contributed by atoms with E-state index in [0.717, 1.165) is 58.3 Å². The first-order chi connectivity index (χ1) is 55.4. The number of aliphatic hydroxyl groups excluding tert-OH is 11. The summed E-state index contributed by atoms with van der Waals surface area (Å²) in [4.78, 5) is 38.8. The van der Waals surface area contributed by atoms with Crippen LogP contribution in [0.5, 0.6) is 0 Å². The summed E-state index contributed by atoms with van der Waals surface area (Å²) >= 11 is 0. The molecule has 0 aliphatic carbocycles. The van der Waals surface area contributed by atoms with Crippen LogP contribution in [0.15, 0.2) is 12.2 Å². The maximum absolute atomic E-state index is 13.6. The van der Waals surface area contributed by atoms with Gasteiger partial charge in [-0.3, -0.25) is 9.59 Å². The molecule has 0 aromatic carbocycles. The molecular formula is C91H172N2O21. The van der Waals surface area contributed by atoms with Gasteiger partial charge in [0, 0.05) is 19.8 Å². The third-order valence-corrected chi connectivity index (χ3v) is 24.0. The normalized spacial score (nSPS) is 25.1. The third kappa shape index (κ3) is 47.0. The van der Waals surface area contributed by atoms with Gasteiger partial charge < -0.3 is 100 Å². The van der Waals surface area contributed by atoms with Crippen LogP contribution in [0.4, 0.5) is 0 Å². The largest absolute Gasteiger partial charge is 0.477 e. The molecule has 0 aromatic heterocycles. The summed E-state index contributed by atoms with van der Waals surface area (Å²) in [6.45, 7) is 2.29. The lowest BCUT2D eigenvalue weighted by Crippen LogP contribution is -2.70. The van der Waals surface area contributed by atoms with E-state index in [1.165, 1.54) is 308 Å². The van der Waals surface area contributed by atoms with Gasteiger partial charge in [0.1, 0.15) is 67.1 Å². The van der Waals surface area contributed by atoms with Gasteiger partial charge in [-0.05, 0) is 38.5 Å². The fourth-order valence-corrected chi connectivity index (χ4v) is 16.6. The fraction of sp³-hybridized carbons (Fsp3) is 0.945. The minimum atomic E-state index is -3.08. The molecule has 0 radical (unpaired) electrons. The lowest BCUT2D eigenvalue weighted by atomic mass is 9.88. The number of carboxylic acids is 1. The number of aliphatic hydroxyl groups is 11. The first kappa shape index (κ1) is 106. The Labute approximate surface area is 690 Å². The zero-order valence-electron chi connectivity index (χ0n) is 72.0. The lowest BCUT2D eigenvalue weighted by molar-refractivity contribution is -0.386. The van der Waals surface area contributed by atoms with Crippen molar-refractivity contribution in [2.45, 2.75) is 522 Å². The second-order valence-electron chi connectivity index (χ2n) is 34.2. The Morgan fingerprint density at radius 1 is 0.447 bits per heavy atom. The number of carboxylic acid groups (broad SMARTS) is 1. The highest BCUT2D eigenvalue weighted by Gasteiger charge is 2.60. The summed E-state index contributed by atoms with van der Waals surface area (Å²) in [7, 11) is 0. The summed E-state index contributed by atoms with van der Waals surface area (Å²) in [5.41, 5.74) is 0. The van der Waals surface area contributed by atoms with Crippen LogP contribution in [0.1, 0.15) is 412 Å². The van der Waals surface area contributed by atoms with Crippen LogP contribution in [0.2, 0.25) is 0 Å². The van der Waals surface area contributed by atoms with Crippen molar-refractivity contribution in [1.29, 1.82) is 0 Å². The van der Waals surface area contributed by atoms with Crippen LogP contribution in [0, 0.1) is 0 Å². The maximum Gasteiger partial charge on any atom is 0.364 e. The first-order valence-corrected chi connectivity index (χ1v) is 47.0. The zero-order valence-corrected chi connectivity index (χ0v) is 72.0. The molecule has 18 atom stereocenters. The van der Waals surface area contributed by atoms with E-state index >= 15 is 0 Å². The van der Waals surface area contributed by atoms with Crippen molar-refractivity contribution in [1.82, 2.24) is 10.6 Å². The van der Waals surface area contributed by atoms with Crippen molar-refractivity contribution >= 4 is 17.8 Å². The average molecular weight is 1630 g/mol. The Kier molecular flexibility index (Phi) is 64.0. The number of ether oxygens (including phenoxy) is 6. The Hall–Kier alpha value is -2.53. The predicted molar refractivity (Wildman–Crippen MR) is 449 cm³/mol. The molecule has 672 valence electrons. The highest BCUT2D eigenvalue weighted by Crippen LogP contribution is 2.39. The van der Waals surface area contributed by atoms with E-state index in [2.05, 4.69) is 36.6 Å². The van der Waals surface area contributed by atoms with E-state index in [1.807, 2.05) is 0 Å². The maximum atomic E-state index is 13.6. The smallest absolute Gasteiger partial charge is 0.364 e. The number of carbonyl (C=O) groups excluding carboxylic acids is 2. The highest BCUT2D eigenvalue weighted by atomic mass is 16.8. The molecular weight excluding hydrogens is 1460 g/mol. The van der Waals surface area contributed by atoms with Crippen molar-refractivity contribution in [3.63, 3.8) is 0 Å². The highest BCUT2D eigenvalue weighted by molar-refractivity contribution is 5.77. The van der Waals surface area contributed by atoms with Gasteiger partial charge in [-0.25, -0.2) is 4.79 Å². The van der Waals surface area contributed by atoms with Gasteiger partial charge in [0.2, 0.25) is 11.8 Å². The lowest BCUT2D eigenvalue weighted by Gasteiger charge is -2.50. The van der Waals surface area contributed by atoms with Crippen LogP contribution < -0.4 is 10.6 Å². The average Bonchev–Trinajstić information content (AvgIpc) is 0.752. The summed E-state index contributed by atoms with van der Waals surface area (Å²) in [5, 5.41) is 137. The van der Waals surface area contributed by atoms with Gasteiger partial charge in [0.25, 0.3) is 5.79 Å². The van der Waals surface area contributed by atoms with E-state index < -0.39 is 148 Å². The number of nitrogens with one attached hydrogen (secondary N) is 2. The number of hydrogen-bond acceptors (Lipinski definition) is 20. The number of carbonyl (C=O) groups is 3. The molecule has 23 nitrogen and oxygen atoms in total. The number of aliphatic carboxylic acids is 1. The van der Waals surface area contributed by atoms with E-state index in [0.29, 0.717) is 19.3 Å². The molecule has 14 N–H and O–H groups in total. The summed E-state index contributed by atoms with van der Waals surface area (Å²) in [6.07, 6.45) is 51.0. The summed E-state index contributed by atoms with van der Waals surface area (Å²) < 4.78 is 35.1. The SMILES string of the molecule is CCCCCCCCCCCCCCCCCCCC/C=C\CCCCCCCCCCCCCCCCCCCC(=O)NC(COC1OC(CO)C(OC2OC(CO)C(O)C(OC3(C(=O)O)CC(O)C(NC(C)=O)C(C(O)C(O)CO)O3)C2O)C(O)C1O)C(O)CCCCCCCCCCCCCCCCCCCCCCC. The molecule has 3 heterocycles. The molecule has 18 unspecified atom stereocenters. The van der Waals surface area contributed by atoms with Gasteiger partial charge in [0.05, 0.1) is 50.7 Å². The first-order valence-electron chi connectivity index (χ1n) is 47.0. The van der Waals surface area contributed by atoms with Crippen LogP contribution in [-0.2, 0) is 42.8 Å². The second kappa shape index (κ2) is 69.0. The van der Waals surface area contributed by atoms with Crippen molar-refractivity contribution in [3.8, 4) is 0 Å². The Balaban J connectivity index is 1.39. The number of amides is 2. The van der Waals surface area contributed by atoms with Crippen LogP contribution in [-0.4, -0.2) is 215 Å². The zero-order chi connectivity index (χ0) is 83.1. The van der Waals surface area contributed by atoms with Crippen LogP contribution in [0.3, 0.4) is 0 Å². The molecule has 3 aliphatic rings. The summed E-state index contributed by atoms with van der Waals surface area (Å²) in [6, 6.07) is -2.53. The van der Waals surface area contributed by atoms with Crippen LogP contribution >= 0.6 is 0 Å². The molecule has 0 saturated carbocycles. The molecule has 3 rings (SSSR count). The molecule has 0 bridgehead atoms. The van der Waals surface area contributed by atoms with Crippen LogP contribution in [0.25, 0.3) is 0 Å². The number of allylic oxidation sites excluding steroid dienone is 2. The molecule has 114 heavy (non-hydrogen) atoms. The number of hydrogen-bond donors (Lipinski definition) is 14. The molecule has 0 aromatic rings. The van der Waals surface area contributed by atoms with Gasteiger partial charge in [-0.15, -0.1) is 0 Å². The number of rotatable bonds is 77. The van der Waals surface area contributed by atoms with E-state index in [4.69, 9.17) is 28.4 Å². The van der Waals surface area contributed by atoms with Crippen molar-refractivity contribution in [2.75, 3.05) is 26.4 Å². The second-order valence-corrected chi connectivity index (χ2v) is 34.2. The van der Waals surface area contributed by atoms with Gasteiger partial charge in [-0.2, -0.15) is 0 Å². The Bertz CT molecular complexity index is 2300. The quantitative estimate of drug-likeness (QED) is 0.0199. The molecule has 3 saturated heterocycles. The van der Waals surface area contributed by atoms with E-state index in [1.54, 1.807) is 0 Å². The van der Waals surface area contributed by atoms with E-state index in [-0.39, 0.29) is 18.9 Å². The molecule has 3 aliphatic heterocycles. The summed E-state index contributed by atoms with van der Waals surface area (Å²) in [5.74, 6) is -6.09. The minimum Gasteiger partial charge on any atom is -0.477 e. The van der Waals surface area contributed by atoms with E-state index in [9.17, 15) is 75.7 Å². The Morgan fingerprint density at radius 2 is 0.816 bits per heavy atom. The molecule has 23 heteroatoms. The fourth-order valence-electron chi connectivity index (χ4n) is 16.6. The standard InChI is InChI=1S/C91H172N2O21/c1-4-6-8-10-12-14-16-18-20-22-24-26-27-28-29-30-31-32-33-34-35-36-37-38-39-40-41-42-43-45-47-49-51-53-55-57-59-61-63-65-78(101)93-72(73(98)64-62-60-58-56-54-52-50-48-46-44-25-23-21-19-17-15-13-11-9-7-5-2)70-109-88-83(105)82(104)85(77(69-96)111-88)112-89-84(106)87(81(103)76(68-95)110-89)114-91(90(107)108)66-74(99)79(92-71(3)97)86(113-91)80(102)75(100)67-94/h34-35,72-77,79-89,94-96,98-100,102-106H,4-33,36-70H2,1-3H3,(H,92,97)(H,93,101)(H,107,108)/b35-34-. The van der Waals surface area contributed by atoms with Crippen molar-refractivity contribution in [3.05, 3.63) is 12.2 Å². The minimum absolute atomic E-state index is 0.228. The van der Waals surface area contributed by atoms with Crippen molar-refractivity contribution < 1.29 is 104 Å². The third-order valence-electron chi connectivity index (χ3n) is 24.0. The topological polar surface area (TPSA) is 373 Å². The van der Waals surface area contributed by atoms with Gasteiger partial charge in [-0.1, -0.05) is 366 Å². The predicted octanol–water partition coefficient (Wildman–Crippen LogP) is 15.6. The van der Waals surface area contributed by atoms with Crippen molar-refractivity contribution in [2.24, 2.45) is 0 Å².